The average molecular weight is 390 g/mol. The highest BCUT2D eigenvalue weighted by atomic mass is 35.5. The standard InChI is InChI=1S/C21H24ClNO4/c1-14-6-9-18(10-7-14)23-21(25)16(3)27-20(24)5-4-12-26-19-11-8-17(22)13-15(19)2/h6-11,13,16H,4-5,12H2,1-3H3,(H,23,25)/t16-/m1/s1. The summed E-state index contributed by atoms with van der Waals surface area (Å²) in [5.74, 6) is -0.0585. The zero-order valence-corrected chi connectivity index (χ0v) is 16.5. The number of carbonyl (C=O) groups is 2. The van der Waals surface area contributed by atoms with Gasteiger partial charge in [0.1, 0.15) is 5.75 Å². The Morgan fingerprint density at radius 3 is 2.48 bits per heavy atom. The number of amides is 1. The Labute approximate surface area is 164 Å². The molecule has 0 radical (unpaired) electrons. The average Bonchev–Trinajstić information content (AvgIpc) is 2.62. The van der Waals surface area contributed by atoms with E-state index in [9.17, 15) is 9.59 Å². The van der Waals surface area contributed by atoms with Gasteiger partial charge in [0.25, 0.3) is 5.91 Å². The normalized spacial score (nSPS) is 11.6. The van der Waals surface area contributed by atoms with Crippen molar-refractivity contribution in [2.75, 3.05) is 11.9 Å². The van der Waals surface area contributed by atoms with Crippen LogP contribution in [0.5, 0.6) is 5.75 Å². The molecule has 1 N–H and O–H groups in total. The maximum Gasteiger partial charge on any atom is 0.306 e. The molecule has 1 atom stereocenters. The van der Waals surface area contributed by atoms with Crippen molar-refractivity contribution in [3.63, 3.8) is 0 Å². The first-order valence-electron chi connectivity index (χ1n) is 8.81. The lowest BCUT2D eigenvalue weighted by molar-refractivity contribution is -0.153. The predicted octanol–water partition coefficient (Wildman–Crippen LogP) is 4.69. The van der Waals surface area contributed by atoms with Crippen LogP contribution in [0, 0.1) is 13.8 Å². The van der Waals surface area contributed by atoms with Crippen LogP contribution in [-0.4, -0.2) is 24.6 Å². The Bertz CT molecular complexity index is 789. The fourth-order valence-corrected chi connectivity index (χ4v) is 2.59. The summed E-state index contributed by atoms with van der Waals surface area (Å²) in [4.78, 5) is 24.0. The summed E-state index contributed by atoms with van der Waals surface area (Å²) in [5.41, 5.74) is 2.70. The summed E-state index contributed by atoms with van der Waals surface area (Å²) in [7, 11) is 0. The highest BCUT2D eigenvalue weighted by molar-refractivity contribution is 6.30. The Morgan fingerprint density at radius 2 is 1.81 bits per heavy atom. The third-order valence-electron chi connectivity index (χ3n) is 3.92. The van der Waals surface area contributed by atoms with Crippen LogP contribution >= 0.6 is 11.6 Å². The van der Waals surface area contributed by atoms with Crippen LogP contribution < -0.4 is 10.1 Å². The lowest BCUT2D eigenvalue weighted by Gasteiger charge is -2.14. The summed E-state index contributed by atoms with van der Waals surface area (Å²) < 4.78 is 10.8. The maximum absolute atomic E-state index is 12.1. The largest absolute Gasteiger partial charge is 0.493 e. The minimum absolute atomic E-state index is 0.175. The third-order valence-corrected chi connectivity index (χ3v) is 4.15. The van der Waals surface area contributed by atoms with Crippen LogP contribution in [0.4, 0.5) is 5.69 Å². The van der Waals surface area contributed by atoms with E-state index in [1.165, 1.54) is 0 Å². The molecule has 0 heterocycles. The van der Waals surface area contributed by atoms with Gasteiger partial charge in [0.15, 0.2) is 6.10 Å². The van der Waals surface area contributed by atoms with Crippen molar-refractivity contribution in [3.05, 3.63) is 58.6 Å². The van der Waals surface area contributed by atoms with E-state index in [4.69, 9.17) is 21.1 Å². The summed E-state index contributed by atoms with van der Waals surface area (Å²) in [6, 6.07) is 12.8. The van der Waals surface area contributed by atoms with Gasteiger partial charge in [0.05, 0.1) is 6.61 Å². The van der Waals surface area contributed by atoms with Crippen molar-refractivity contribution in [1.29, 1.82) is 0 Å². The second-order valence-electron chi connectivity index (χ2n) is 6.35. The van der Waals surface area contributed by atoms with E-state index in [1.54, 1.807) is 31.2 Å². The molecule has 5 nitrogen and oxygen atoms in total. The summed E-state index contributed by atoms with van der Waals surface area (Å²) in [6.45, 7) is 5.80. The van der Waals surface area contributed by atoms with Gasteiger partial charge in [-0.2, -0.15) is 0 Å². The van der Waals surface area contributed by atoms with Crippen LogP contribution in [0.2, 0.25) is 5.02 Å². The number of carbonyl (C=O) groups excluding carboxylic acids is 2. The number of nitrogens with one attached hydrogen (secondary N) is 1. The topological polar surface area (TPSA) is 64.6 Å². The van der Waals surface area contributed by atoms with Gasteiger partial charge in [0.2, 0.25) is 0 Å². The number of benzene rings is 2. The van der Waals surface area contributed by atoms with E-state index >= 15 is 0 Å². The van der Waals surface area contributed by atoms with E-state index in [0.717, 1.165) is 16.9 Å². The molecule has 0 aliphatic carbocycles. The fourth-order valence-electron chi connectivity index (χ4n) is 2.36. The lowest BCUT2D eigenvalue weighted by atomic mass is 10.2. The number of hydrogen-bond acceptors (Lipinski definition) is 4. The number of esters is 1. The molecule has 0 aliphatic rings. The van der Waals surface area contributed by atoms with Crippen LogP contribution in [0.25, 0.3) is 0 Å². The van der Waals surface area contributed by atoms with E-state index in [-0.39, 0.29) is 12.3 Å². The Morgan fingerprint density at radius 1 is 1.11 bits per heavy atom. The first kappa shape index (κ1) is 20.8. The third kappa shape index (κ3) is 6.94. The first-order chi connectivity index (χ1) is 12.8. The molecule has 0 aromatic heterocycles. The summed E-state index contributed by atoms with van der Waals surface area (Å²) in [6.07, 6.45) is -0.194. The summed E-state index contributed by atoms with van der Waals surface area (Å²) >= 11 is 5.90. The molecule has 0 fully saturated rings. The van der Waals surface area contributed by atoms with Crippen LogP contribution in [0.1, 0.15) is 30.9 Å². The lowest BCUT2D eigenvalue weighted by Crippen LogP contribution is -2.30. The number of aryl methyl sites for hydroxylation is 2. The van der Waals surface area contributed by atoms with Crippen LogP contribution in [0.3, 0.4) is 0 Å². The number of rotatable bonds is 8. The molecule has 144 valence electrons. The zero-order chi connectivity index (χ0) is 19.8. The molecule has 6 heteroatoms. The van der Waals surface area contributed by atoms with Gasteiger partial charge in [-0.3, -0.25) is 9.59 Å². The molecule has 0 aliphatic heterocycles. The van der Waals surface area contributed by atoms with E-state index < -0.39 is 12.1 Å². The number of hydrogen-bond donors (Lipinski definition) is 1. The van der Waals surface area contributed by atoms with Gasteiger partial charge < -0.3 is 14.8 Å². The fraction of sp³-hybridized carbons (Fsp3) is 0.333. The van der Waals surface area contributed by atoms with E-state index in [1.807, 2.05) is 32.0 Å². The summed E-state index contributed by atoms with van der Waals surface area (Å²) in [5, 5.41) is 3.38. The molecule has 2 rings (SSSR count). The minimum Gasteiger partial charge on any atom is -0.493 e. The molecule has 0 bridgehead atoms. The smallest absolute Gasteiger partial charge is 0.306 e. The van der Waals surface area contributed by atoms with Crippen LogP contribution in [-0.2, 0) is 14.3 Å². The Balaban J connectivity index is 1.69. The van der Waals surface area contributed by atoms with Crippen molar-refractivity contribution in [2.45, 2.75) is 39.7 Å². The monoisotopic (exact) mass is 389 g/mol. The molecule has 27 heavy (non-hydrogen) atoms. The highest BCUT2D eigenvalue weighted by Crippen LogP contribution is 2.22. The molecule has 0 unspecified atom stereocenters. The van der Waals surface area contributed by atoms with Gasteiger partial charge in [-0.1, -0.05) is 29.3 Å². The Kier molecular flexibility index (Phi) is 7.67. The molecule has 0 saturated heterocycles. The second kappa shape index (κ2) is 9.97. The molecule has 2 aromatic rings. The van der Waals surface area contributed by atoms with Gasteiger partial charge >= 0.3 is 5.97 Å². The molecular formula is C21H24ClNO4. The van der Waals surface area contributed by atoms with Gasteiger partial charge in [0, 0.05) is 17.1 Å². The highest BCUT2D eigenvalue weighted by Gasteiger charge is 2.17. The van der Waals surface area contributed by atoms with E-state index in [0.29, 0.717) is 23.7 Å². The van der Waals surface area contributed by atoms with Gasteiger partial charge in [-0.15, -0.1) is 0 Å². The number of ether oxygens (including phenoxy) is 2. The molecule has 0 saturated carbocycles. The molecule has 2 aromatic carbocycles. The molecule has 0 spiro atoms. The van der Waals surface area contributed by atoms with Crippen molar-refractivity contribution >= 4 is 29.2 Å². The van der Waals surface area contributed by atoms with Crippen LogP contribution in [0.15, 0.2) is 42.5 Å². The first-order valence-corrected chi connectivity index (χ1v) is 9.19. The quantitative estimate of drug-likeness (QED) is 0.525. The van der Waals surface area contributed by atoms with Crippen molar-refractivity contribution in [1.82, 2.24) is 0 Å². The SMILES string of the molecule is Cc1ccc(NC(=O)[C@@H](C)OC(=O)CCCOc2ccc(Cl)cc2C)cc1. The molecular weight excluding hydrogens is 366 g/mol. The maximum atomic E-state index is 12.1. The Hall–Kier alpha value is -2.53. The van der Waals surface area contributed by atoms with Gasteiger partial charge in [-0.05, 0) is 63.1 Å². The zero-order valence-electron chi connectivity index (χ0n) is 15.8. The molecule has 1 amide bonds. The van der Waals surface area contributed by atoms with Crippen molar-refractivity contribution in [3.8, 4) is 5.75 Å². The number of halogens is 1. The van der Waals surface area contributed by atoms with Crippen molar-refractivity contribution in [2.24, 2.45) is 0 Å². The van der Waals surface area contributed by atoms with Crippen molar-refractivity contribution < 1.29 is 19.1 Å². The number of anilines is 1. The predicted molar refractivity (Wildman–Crippen MR) is 106 cm³/mol. The van der Waals surface area contributed by atoms with Gasteiger partial charge in [-0.25, -0.2) is 0 Å². The minimum atomic E-state index is -0.863. The van der Waals surface area contributed by atoms with E-state index in [2.05, 4.69) is 5.32 Å². The second-order valence-corrected chi connectivity index (χ2v) is 6.79.